The van der Waals surface area contributed by atoms with Gasteiger partial charge in [0.25, 0.3) is 10.2 Å². The van der Waals surface area contributed by atoms with E-state index in [4.69, 9.17) is 0 Å². The van der Waals surface area contributed by atoms with E-state index >= 15 is 0 Å². The van der Waals surface area contributed by atoms with Gasteiger partial charge in [-0.25, -0.2) is 4.72 Å². The van der Waals surface area contributed by atoms with Gasteiger partial charge >= 0.3 is 0 Å². The van der Waals surface area contributed by atoms with E-state index < -0.39 is 16.3 Å². The van der Waals surface area contributed by atoms with Crippen LogP contribution in [0.3, 0.4) is 0 Å². The summed E-state index contributed by atoms with van der Waals surface area (Å²) in [6.07, 6.45) is 4.70. The van der Waals surface area contributed by atoms with E-state index in [1.54, 1.807) is 0 Å². The van der Waals surface area contributed by atoms with Crippen LogP contribution in [0.15, 0.2) is 30.5 Å². The molecule has 0 aliphatic heterocycles. The van der Waals surface area contributed by atoms with E-state index in [1.807, 2.05) is 37.4 Å². The Hall–Kier alpha value is -1.90. The van der Waals surface area contributed by atoms with Gasteiger partial charge in [0.15, 0.2) is 0 Å². The normalized spacial score (nSPS) is 16.0. The predicted octanol–water partition coefficient (Wildman–Crippen LogP) is 1.19. The number of hydrogen-bond donors (Lipinski definition) is 4. The number of para-hydroxylation sites is 1. The third-order valence-corrected chi connectivity index (χ3v) is 5.36. The molecular formula is C17H24N4O3S. The SMILES string of the molecule is CCCNS(=O)(=O)NC(Cc1c[nH]c2ccccc12)C(=O)NC1CC1. The van der Waals surface area contributed by atoms with Gasteiger partial charge in [0.2, 0.25) is 5.91 Å². The first-order valence-corrected chi connectivity index (χ1v) is 10.1. The molecule has 1 aromatic carbocycles. The number of hydrogen-bond acceptors (Lipinski definition) is 3. The Labute approximate surface area is 147 Å². The third kappa shape index (κ3) is 4.81. The van der Waals surface area contributed by atoms with Crippen LogP contribution in [0, 0.1) is 0 Å². The molecule has 1 atom stereocenters. The fraction of sp³-hybridized carbons (Fsp3) is 0.471. The molecule has 7 nitrogen and oxygen atoms in total. The Morgan fingerprint density at radius 3 is 2.80 bits per heavy atom. The van der Waals surface area contributed by atoms with Crippen LogP contribution in [0.5, 0.6) is 0 Å². The van der Waals surface area contributed by atoms with Crippen molar-refractivity contribution in [1.29, 1.82) is 0 Å². The molecule has 1 fully saturated rings. The molecule has 0 spiro atoms. The van der Waals surface area contributed by atoms with Gasteiger partial charge in [0, 0.05) is 29.7 Å². The topological polar surface area (TPSA) is 103 Å². The zero-order valence-electron chi connectivity index (χ0n) is 14.2. The van der Waals surface area contributed by atoms with Crippen molar-refractivity contribution in [3.8, 4) is 0 Å². The summed E-state index contributed by atoms with van der Waals surface area (Å²) in [6.45, 7) is 2.21. The second-order valence-electron chi connectivity index (χ2n) is 6.41. The summed E-state index contributed by atoms with van der Waals surface area (Å²) in [6, 6.07) is 7.08. The average molecular weight is 364 g/mol. The second-order valence-corrected chi connectivity index (χ2v) is 7.95. The van der Waals surface area contributed by atoms with Crippen molar-refractivity contribution >= 4 is 27.0 Å². The number of aromatic amines is 1. The van der Waals surface area contributed by atoms with Gasteiger partial charge in [-0.05, 0) is 37.3 Å². The number of carbonyl (C=O) groups excluding carboxylic acids is 1. The molecule has 1 aliphatic rings. The highest BCUT2D eigenvalue weighted by Crippen LogP contribution is 2.21. The lowest BCUT2D eigenvalue weighted by atomic mass is 10.1. The molecule has 1 saturated carbocycles. The van der Waals surface area contributed by atoms with E-state index in [9.17, 15) is 13.2 Å². The summed E-state index contributed by atoms with van der Waals surface area (Å²) >= 11 is 0. The smallest absolute Gasteiger partial charge is 0.277 e. The largest absolute Gasteiger partial charge is 0.361 e. The lowest BCUT2D eigenvalue weighted by molar-refractivity contribution is -0.122. The molecule has 2 aromatic rings. The summed E-state index contributed by atoms with van der Waals surface area (Å²) in [5.74, 6) is -0.283. The first kappa shape index (κ1) is 17.9. The highest BCUT2D eigenvalue weighted by Gasteiger charge is 2.30. The van der Waals surface area contributed by atoms with E-state index in [2.05, 4.69) is 19.7 Å². The summed E-state index contributed by atoms with van der Waals surface area (Å²) in [4.78, 5) is 15.7. The fourth-order valence-corrected chi connectivity index (χ4v) is 3.82. The zero-order valence-corrected chi connectivity index (χ0v) is 15.0. The van der Waals surface area contributed by atoms with Gasteiger partial charge in [-0.1, -0.05) is 25.1 Å². The van der Waals surface area contributed by atoms with Crippen LogP contribution < -0.4 is 14.8 Å². The van der Waals surface area contributed by atoms with Crippen LogP contribution in [0.4, 0.5) is 0 Å². The van der Waals surface area contributed by atoms with Crippen molar-refractivity contribution in [2.45, 2.75) is 44.7 Å². The van der Waals surface area contributed by atoms with Crippen molar-refractivity contribution < 1.29 is 13.2 Å². The van der Waals surface area contributed by atoms with Crippen molar-refractivity contribution in [3.63, 3.8) is 0 Å². The quantitative estimate of drug-likeness (QED) is 0.537. The van der Waals surface area contributed by atoms with Gasteiger partial charge in [-0.15, -0.1) is 0 Å². The molecule has 1 aromatic heterocycles. The number of carbonyl (C=O) groups is 1. The van der Waals surface area contributed by atoms with Gasteiger partial charge in [-0.2, -0.15) is 13.1 Å². The minimum atomic E-state index is -3.73. The number of nitrogens with one attached hydrogen (secondary N) is 4. The van der Waals surface area contributed by atoms with E-state index in [0.717, 1.165) is 29.3 Å². The number of fused-ring (bicyclic) bond motifs is 1. The Morgan fingerprint density at radius 2 is 2.08 bits per heavy atom. The van der Waals surface area contributed by atoms with Crippen molar-refractivity contribution in [1.82, 2.24) is 19.7 Å². The molecule has 1 amide bonds. The van der Waals surface area contributed by atoms with Crippen molar-refractivity contribution in [2.75, 3.05) is 6.54 Å². The molecule has 1 aliphatic carbocycles. The summed E-state index contributed by atoms with van der Waals surface area (Å²) < 4.78 is 29.3. The molecule has 1 heterocycles. The van der Waals surface area contributed by atoms with E-state index in [1.165, 1.54) is 0 Å². The molecule has 136 valence electrons. The molecule has 1 unspecified atom stereocenters. The molecule has 0 bridgehead atoms. The average Bonchev–Trinajstić information content (AvgIpc) is 3.31. The number of rotatable bonds is 9. The minimum Gasteiger partial charge on any atom is -0.361 e. The number of benzene rings is 1. The highest BCUT2D eigenvalue weighted by atomic mass is 32.2. The highest BCUT2D eigenvalue weighted by molar-refractivity contribution is 7.87. The predicted molar refractivity (Wildman–Crippen MR) is 97.3 cm³/mol. The molecule has 3 rings (SSSR count). The fourth-order valence-electron chi connectivity index (χ4n) is 2.70. The minimum absolute atomic E-state index is 0.172. The van der Waals surface area contributed by atoms with Crippen LogP contribution >= 0.6 is 0 Å². The molecular weight excluding hydrogens is 340 g/mol. The molecule has 0 radical (unpaired) electrons. The summed E-state index contributed by atoms with van der Waals surface area (Å²) in [5.41, 5.74) is 1.87. The van der Waals surface area contributed by atoms with Gasteiger partial charge < -0.3 is 10.3 Å². The van der Waals surface area contributed by atoms with Gasteiger partial charge in [0.1, 0.15) is 6.04 Å². The maximum absolute atomic E-state index is 12.5. The molecule has 25 heavy (non-hydrogen) atoms. The van der Waals surface area contributed by atoms with Gasteiger partial charge in [-0.3, -0.25) is 4.79 Å². The van der Waals surface area contributed by atoms with Gasteiger partial charge in [0.05, 0.1) is 0 Å². The maximum atomic E-state index is 12.5. The number of H-pyrrole nitrogens is 1. The van der Waals surface area contributed by atoms with Crippen molar-refractivity contribution in [3.05, 3.63) is 36.0 Å². The maximum Gasteiger partial charge on any atom is 0.277 e. The standard InChI is InChI=1S/C17H24N4O3S/c1-2-9-19-25(23,24)21-16(17(22)20-13-7-8-13)10-12-11-18-15-6-4-3-5-14(12)15/h3-6,11,13,16,18-19,21H,2,7-10H2,1H3,(H,20,22). The van der Waals surface area contributed by atoms with Crippen LogP contribution in [0.2, 0.25) is 0 Å². The summed E-state index contributed by atoms with van der Waals surface area (Å²) in [5, 5.41) is 3.88. The van der Waals surface area contributed by atoms with Crippen LogP contribution in [0.1, 0.15) is 31.7 Å². The second kappa shape index (κ2) is 7.55. The molecule has 4 N–H and O–H groups in total. The molecule has 0 saturated heterocycles. The Morgan fingerprint density at radius 1 is 1.32 bits per heavy atom. The third-order valence-electron chi connectivity index (χ3n) is 4.18. The van der Waals surface area contributed by atoms with Crippen LogP contribution in [-0.4, -0.2) is 37.9 Å². The van der Waals surface area contributed by atoms with Crippen LogP contribution in [-0.2, 0) is 21.4 Å². The van der Waals surface area contributed by atoms with E-state index in [-0.39, 0.29) is 18.4 Å². The molecule has 8 heteroatoms. The van der Waals surface area contributed by atoms with E-state index in [0.29, 0.717) is 13.0 Å². The summed E-state index contributed by atoms with van der Waals surface area (Å²) in [7, 11) is -3.73. The number of amides is 1. The zero-order chi connectivity index (χ0) is 17.9. The monoisotopic (exact) mass is 364 g/mol. The van der Waals surface area contributed by atoms with Crippen LogP contribution in [0.25, 0.3) is 10.9 Å². The first-order chi connectivity index (χ1) is 12.0. The first-order valence-electron chi connectivity index (χ1n) is 8.61. The Bertz CT molecular complexity index is 842. The lowest BCUT2D eigenvalue weighted by Gasteiger charge is -2.18. The number of aromatic nitrogens is 1. The Kier molecular flexibility index (Phi) is 5.41. The van der Waals surface area contributed by atoms with Crippen molar-refractivity contribution in [2.24, 2.45) is 0 Å². The lowest BCUT2D eigenvalue weighted by Crippen LogP contribution is -2.51. The Balaban J connectivity index is 1.79.